The van der Waals surface area contributed by atoms with Crippen LogP contribution in [-0.4, -0.2) is 0 Å². The second kappa shape index (κ2) is 4.65. The molecule has 0 aromatic carbocycles. The Morgan fingerprint density at radius 3 is 2.89 bits per heavy atom. The fourth-order valence-corrected chi connectivity index (χ4v) is 2.30. The van der Waals surface area contributed by atoms with E-state index in [4.69, 9.17) is 8.83 Å². The van der Waals surface area contributed by atoms with Gasteiger partial charge in [0.1, 0.15) is 17.3 Å². The van der Waals surface area contributed by atoms with E-state index in [9.17, 15) is 0 Å². The van der Waals surface area contributed by atoms with Crippen molar-refractivity contribution in [1.82, 2.24) is 5.32 Å². The molecule has 3 atom stereocenters. The number of hydrogen-bond donors (Lipinski definition) is 1. The van der Waals surface area contributed by atoms with Crippen molar-refractivity contribution in [1.29, 1.82) is 0 Å². The molecule has 1 N–H and O–H groups in total. The third-order valence-corrected chi connectivity index (χ3v) is 3.71. The lowest BCUT2D eigenvalue weighted by Crippen LogP contribution is -2.17. The second-order valence-corrected chi connectivity index (χ2v) is 5.24. The summed E-state index contributed by atoms with van der Waals surface area (Å²) in [5.74, 6) is 4.55. The molecule has 0 spiro atoms. The summed E-state index contributed by atoms with van der Waals surface area (Å²) in [6.45, 7) is 5.10. The van der Waals surface area contributed by atoms with Crippen molar-refractivity contribution in [2.24, 2.45) is 5.92 Å². The van der Waals surface area contributed by atoms with Crippen LogP contribution in [0.5, 0.6) is 0 Å². The van der Waals surface area contributed by atoms with Crippen LogP contribution in [0.2, 0.25) is 0 Å². The molecule has 0 aliphatic heterocycles. The number of furan rings is 2. The highest BCUT2D eigenvalue weighted by atomic mass is 16.3. The first kappa shape index (κ1) is 11.6. The molecule has 1 aliphatic carbocycles. The molecule has 18 heavy (non-hydrogen) atoms. The van der Waals surface area contributed by atoms with Gasteiger partial charge in [-0.1, -0.05) is 6.92 Å². The van der Waals surface area contributed by atoms with Crippen molar-refractivity contribution in [3.05, 3.63) is 47.8 Å². The lowest BCUT2D eigenvalue weighted by Gasteiger charge is -2.09. The average Bonchev–Trinajstić information content (AvgIpc) is 2.87. The van der Waals surface area contributed by atoms with Crippen molar-refractivity contribution in [2.75, 3.05) is 0 Å². The summed E-state index contributed by atoms with van der Waals surface area (Å²) in [6, 6.07) is 8.28. The van der Waals surface area contributed by atoms with Crippen LogP contribution in [-0.2, 0) is 6.54 Å². The number of hydrogen-bond acceptors (Lipinski definition) is 3. The molecule has 3 heteroatoms. The topological polar surface area (TPSA) is 38.3 Å². The molecule has 0 bridgehead atoms. The van der Waals surface area contributed by atoms with Crippen LogP contribution in [0.3, 0.4) is 0 Å². The Balaban J connectivity index is 1.55. The number of nitrogens with one attached hydrogen (secondary N) is 1. The van der Waals surface area contributed by atoms with Crippen LogP contribution in [0, 0.1) is 5.92 Å². The van der Waals surface area contributed by atoms with Crippen LogP contribution in [0.1, 0.15) is 49.5 Å². The summed E-state index contributed by atoms with van der Waals surface area (Å²) in [6.07, 6.45) is 2.97. The molecule has 1 aliphatic rings. The zero-order chi connectivity index (χ0) is 12.5. The maximum absolute atomic E-state index is 5.85. The van der Waals surface area contributed by atoms with Gasteiger partial charge in [-0.3, -0.25) is 0 Å². The van der Waals surface area contributed by atoms with Gasteiger partial charge in [0.2, 0.25) is 0 Å². The van der Waals surface area contributed by atoms with Crippen molar-refractivity contribution in [2.45, 2.75) is 38.8 Å². The molecule has 0 saturated heterocycles. The third kappa shape index (κ3) is 2.36. The predicted octanol–water partition coefficient (Wildman–Crippen LogP) is 3.85. The molecular formula is C15H19NO2. The Morgan fingerprint density at radius 1 is 1.39 bits per heavy atom. The summed E-state index contributed by atoms with van der Waals surface area (Å²) in [5.41, 5.74) is 0. The van der Waals surface area contributed by atoms with Gasteiger partial charge in [0, 0.05) is 5.92 Å². The zero-order valence-electron chi connectivity index (χ0n) is 10.8. The molecule has 3 rings (SSSR count). The van der Waals surface area contributed by atoms with Gasteiger partial charge in [-0.25, -0.2) is 0 Å². The molecular weight excluding hydrogens is 226 g/mol. The van der Waals surface area contributed by atoms with Gasteiger partial charge in [0.15, 0.2) is 0 Å². The molecule has 2 unspecified atom stereocenters. The summed E-state index contributed by atoms with van der Waals surface area (Å²) in [4.78, 5) is 0. The molecule has 1 fully saturated rings. The van der Waals surface area contributed by atoms with Crippen LogP contribution in [0.25, 0.3) is 0 Å². The van der Waals surface area contributed by atoms with Crippen LogP contribution in [0.4, 0.5) is 0 Å². The van der Waals surface area contributed by atoms with Gasteiger partial charge in [-0.05, 0) is 43.5 Å². The largest absolute Gasteiger partial charge is 0.468 e. The van der Waals surface area contributed by atoms with Crippen LogP contribution in [0.15, 0.2) is 39.4 Å². The standard InChI is InChI=1S/C15H19NO2/c1-10-8-13(10)15-6-5-12(18-15)9-16-11(2)14-4-3-7-17-14/h3-7,10-11,13,16H,8-9H2,1-2H3/t10?,11-,13?/m0/s1. The SMILES string of the molecule is CC1CC1c1ccc(CN[C@@H](C)c2ccco2)o1. The first-order valence-electron chi connectivity index (χ1n) is 6.59. The van der Waals surface area contributed by atoms with Crippen molar-refractivity contribution >= 4 is 0 Å². The summed E-state index contributed by atoms with van der Waals surface area (Å²) in [7, 11) is 0. The molecule has 3 nitrogen and oxygen atoms in total. The highest BCUT2D eigenvalue weighted by Crippen LogP contribution is 2.47. The van der Waals surface area contributed by atoms with Crippen molar-refractivity contribution < 1.29 is 8.83 Å². The van der Waals surface area contributed by atoms with Gasteiger partial charge in [0.05, 0.1) is 18.8 Å². The molecule has 2 heterocycles. The fraction of sp³-hybridized carbons (Fsp3) is 0.467. The van der Waals surface area contributed by atoms with E-state index in [-0.39, 0.29) is 6.04 Å². The predicted molar refractivity (Wildman–Crippen MR) is 69.2 cm³/mol. The minimum atomic E-state index is 0.202. The first-order valence-corrected chi connectivity index (χ1v) is 6.59. The van der Waals surface area contributed by atoms with Gasteiger partial charge in [-0.15, -0.1) is 0 Å². The second-order valence-electron chi connectivity index (χ2n) is 5.24. The quantitative estimate of drug-likeness (QED) is 0.869. The first-order chi connectivity index (χ1) is 8.74. The minimum absolute atomic E-state index is 0.202. The molecule has 2 aromatic heterocycles. The van der Waals surface area contributed by atoms with E-state index < -0.39 is 0 Å². The maximum atomic E-state index is 5.85. The molecule has 0 amide bonds. The van der Waals surface area contributed by atoms with E-state index in [1.807, 2.05) is 12.1 Å². The van der Waals surface area contributed by atoms with E-state index >= 15 is 0 Å². The Kier molecular flexibility index (Phi) is 3.00. The van der Waals surface area contributed by atoms with Crippen LogP contribution < -0.4 is 5.32 Å². The summed E-state index contributed by atoms with van der Waals surface area (Å²) >= 11 is 0. The monoisotopic (exact) mass is 245 g/mol. The summed E-state index contributed by atoms with van der Waals surface area (Å²) < 4.78 is 11.2. The van der Waals surface area contributed by atoms with Gasteiger partial charge in [0.25, 0.3) is 0 Å². The smallest absolute Gasteiger partial charge is 0.120 e. The minimum Gasteiger partial charge on any atom is -0.468 e. The van der Waals surface area contributed by atoms with E-state index in [1.165, 1.54) is 6.42 Å². The van der Waals surface area contributed by atoms with E-state index in [0.717, 1.165) is 29.7 Å². The summed E-state index contributed by atoms with van der Waals surface area (Å²) in [5, 5.41) is 3.40. The number of rotatable bonds is 5. The van der Waals surface area contributed by atoms with Gasteiger partial charge >= 0.3 is 0 Å². The van der Waals surface area contributed by atoms with Crippen LogP contribution >= 0.6 is 0 Å². The Bertz CT molecular complexity index is 500. The normalized spacial score (nSPS) is 24.1. The molecule has 96 valence electrons. The molecule has 2 aromatic rings. The lowest BCUT2D eigenvalue weighted by atomic mass is 10.2. The molecule has 0 radical (unpaired) electrons. The Morgan fingerprint density at radius 2 is 2.22 bits per heavy atom. The zero-order valence-corrected chi connectivity index (χ0v) is 10.8. The van der Waals surface area contributed by atoms with E-state index in [1.54, 1.807) is 6.26 Å². The third-order valence-electron chi connectivity index (χ3n) is 3.71. The highest BCUT2D eigenvalue weighted by Gasteiger charge is 2.36. The molecule has 1 saturated carbocycles. The van der Waals surface area contributed by atoms with Crippen molar-refractivity contribution in [3.8, 4) is 0 Å². The Hall–Kier alpha value is -1.48. The van der Waals surface area contributed by atoms with E-state index in [2.05, 4.69) is 31.3 Å². The van der Waals surface area contributed by atoms with Gasteiger partial charge < -0.3 is 14.2 Å². The van der Waals surface area contributed by atoms with E-state index in [0.29, 0.717) is 5.92 Å². The maximum Gasteiger partial charge on any atom is 0.120 e. The lowest BCUT2D eigenvalue weighted by molar-refractivity contribution is 0.396. The fourth-order valence-electron chi connectivity index (χ4n) is 2.30. The van der Waals surface area contributed by atoms with Gasteiger partial charge in [-0.2, -0.15) is 0 Å². The average molecular weight is 245 g/mol. The Labute approximate surface area is 107 Å². The van der Waals surface area contributed by atoms with Crippen molar-refractivity contribution in [3.63, 3.8) is 0 Å². The highest BCUT2D eigenvalue weighted by molar-refractivity contribution is 5.17.